The molecule has 0 spiro atoms. The van der Waals surface area contributed by atoms with Crippen molar-refractivity contribution in [1.29, 1.82) is 0 Å². The second-order valence-electron chi connectivity index (χ2n) is 3.70. The molecule has 0 heterocycles. The SMILES string of the molecule is O=P(O)(O)O.O=P(O)(O)c1cccc(S(=O)(=O)O)c1P(=O)(O)O. The first kappa shape index (κ1) is 22.5. The van der Waals surface area contributed by atoms with Crippen LogP contribution in [0.5, 0.6) is 0 Å². The minimum Gasteiger partial charge on any atom is -0.321 e. The molecule has 0 aliphatic heterocycles. The van der Waals surface area contributed by atoms with Gasteiger partial charge in [-0.1, -0.05) is 6.07 Å². The second-order valence-corrected chi connectivity index (χ2v) is 9.22. The van der Waals surface area contributed by atoms with Gasteiger partial charge in [0.25, 0.3) is 10.1 Å². The third-order valence-electron chi connectivity index (χ3n) is 1.86. The molecule has 0 unspecified atom stereocenters. The standard InChI is InChI=1S/C6H8O9P2S.H3O4P/c7-16(8,9)4-2-1-3-5(18(13,14)15)6(4)17(10,11)12;1-5(2,3)4/h1-3H,(H2,7,8,9)(H2,10,11,12)(H,13,14,15);(H3,1,2,3,4). The highest BCUT2D eigenvalue weighted by atomic mass is 32.2. The normalized spacial score (nSPS) is 13.2. The average molecular weight is 416 g/mol. The van der Waals surface area contributed by atoms with E-state index in [1.807, 2.05) is 0 Å². The van der Waals surface area contributed by atoms with Crippen molar-refractivity contribution in [3.8, 4) is 0 Å². The lowest BCUT2D eigenvalue weighted by atomic mass is 10.4. The Hall–Kier alpha value is -0.460. The lowest BCUT2D eigenvalue weighted by Gasteiger charge is -2.14. The zero-order valence-corrected chi connectivity index (χ0v) is 14.1. The molecule has 0 fully saturated rings. The van der Waals surface area contributed by atoms with E-state index < -0.39 is 48.6 Å². The third kappa shape index (κ3) is 8.27. The summed E-state index contributed by atoms with van der Waals surface area (Å²) in [5, 5.41) is -2.55. The van der Waals surface area contributed by atoms with E-state index in [9.17, 15) is 17.5 Å². The predicted octanol–water partition coefficient (Wildman–Crippen LogP) is -2.39. The highest BCUT2D eigenvalue weighted by Crippen LogP contribution is 2.41. The Morgan fingerprint density at radius 1 is 0.783 bits per heavy atom. The summed E-state index contributed by atoms with van der Waals surface area (Å²) in [7, 11) is -20.1. The predicted molar refractivity (Wildman–Crippen MR) is 73.9 cm³/mol. The van der Waals surface area contributed by atoms with Crippen LogP contribution in [0.15, 0.2) is 23.1 Å². The summed E-state index contributed by atoms with van der Waals surface area (Å²) in [6.45, 7) is 0. The fraction of sp³-hybridized carbons (Fsp3) is 0. The Morgan fingerprint density at radius 3 is 1.43 bits per heavy atom. The van der Waals surface area contributed by atoms with Gasteiger partial charge in [0.1, 0.15) is 10.2 Å². The lowest BCUT2D eigenvalue weighted by Crippen LogP contribution is -2.30. The summed E-state index contributed by atoms with van der Waals surface area (Å²) in [6, 6.07) is 2.14. The highest BCUT2D eigenvalue weighted by molar-refractivity contribution is 7.86. The topological polar surface area (TPSA) is 247 Å². The van der Waals surface area contributed by atoms with Crippen molar-refractivity contribution < 1.29 is 60.9 Å². The maximum Gasteiger partial charge on any atom is 0.466 e. The molecule has 0 saturated heterocycles. The van der Waals surface area contributed by atoms with Crippen LogP contribution in [0.1, 0.15) is 0 Å². The van der Waals surface area contributed by atoms with E-state index in [0.717, 1.165) is 6.07 Å². The van der Waals surface area contributed by atoms with Crippen LogP contribution in [-0.4, -0.2) is 47.2 Å². The second kappa shape index (κ2) is 7.19. The molecule has 8 N–H and O–H groups in total. The molecule has 0 aliphatic carbocycles. The molecule has 0 aromatic heterocycles. The molecular weight excluding hydrogens is 405 g/mol. The maximum atomic E-state index is 11.1. The van der Waals surface area contributed by atoms with Crippen LogP contribution in [0.4, 0.5) is 0 Å². The Kier molecular flexibility index (Phi) is 7.05. The Balaban J connectivity index is 0.000000841. The molecular formula is C6H11O13P3S. The van der Waals surface area contributed by atoms with Crippen molar-refractivity contribution in [2.75, 3.05) is 0 Å². The number of rotatable bonds is 3. The first-order chi connectivity index (χ1) is 9.85. The molecule has 13 nitrogen and oxygen atoms in total. The summed E-state index contributed by atoms with van der Waals surface area (Å²) in [4.78, 5) is 56.1. The van der Waals surface area contributed by atoms with Crippen LogP contribution in [0.2, 0.25) is 0 Å². The summed E-state index contributed by atoms with van der Waals surface area (Å²) in [5.74, 6) is 0. The molecule has 0 aliphatic rings. The van der Waals surface area contributed by atoms with Gasteiger partial charge in [-0.15, -0.1) is 0 Å². The average Bonchev–Trinajstić information content (AvgIpc) is 2.22. The van der Waals surface area contributed by atoms with Gasteiger partial charge in [0, 0.05) is 0 Å². The van der Waals surface area contributed by atoms with E-state index in [2.05, 4.69) is 0 Å². The van der Waals surface area contributed by atoms with Gasteiger partial charge in [0.2, 0.25) is 0 Å². The quantitative estimate of drug-likeness (QED) is 0.189. The van der Waals surface area contributed by atoms with Gasteiger partial charge in [-0.05, 0) is 12.1 Å². The molecule has 17 heteroatoms. The summed E-state index contributed by atoms with van der Waals surface area (Å²) < 4.78 is 61.8. The molecule has 1 aromatic rings. The van der Waals surface area contributed by atoms with Gasteiger partial charge in [-0.3, -0.25) is 13.7 Å². The molecule has 1 rings (SSSR count). The first-order valence-corrected chi connectivity index (χ1v) is 11.1. The van der Waals surface area contributed by atoms with Crippen LogP contribution in [0, 0.1) is 0 Å². The number of hydrogen-bond acceptors (Lipinski definition) is 5. The van der Waals surface area contributed by atoms with Crippen LogP contribution in [-0.2, 0) is 23.8 Å². The smallest absolute Gasteiger partial charge is 0.321 e. The van der Waals surface area contributed by atoms with Crippen molar-refractivity contribution in [3.63, 3.8) is 0 Å². The fourth-order valence-electron chi connectivity index (χ4n) is 1.25. The van der Waals surface area contributed by atoms with E-state index in [-0.39, 0.29) is 0 Å². The maximum absolute atomic E-state index is 11.1. The fourth-order valence-corrected chi connectivity index (χ4v) is 4.82. The number of hydrogen-bond donors (Lipinski definition) is 8. The molecule has 0 bridgehead atoms. The number of phosphoric acid groups is 1. The first-order valence-electron chi connectivity index (χ1n) is 4.86. The van der Waals surface area contributed by atoms with Gasteiger partial charge in [-0.2, -0.15) is 8.42 Å². The lowest BCUT2D eigenvalue weighted by molar-refractivity contribution is 0.275. The Bertz CT molecular complexity index is 802. The van der Waals surface area contributed by atoms with E-state index in [1.54, 1.807) is 0 Å². The molecule has 134 valence electrons. The van der Waals surface area contributed by atoms with Crippen molar-refractivity contribution in [2.45, 2.75) is 4.90 Å². The molecule has 1 aromatic carbocycles. The van der Waals surface area contributed by atoms with Gasteiger partial charge in [0.15, 0.2) is 0 Å². The van der Waals surface area contributed by atoms with E-state index in [0.29, 0.717) is 12.1 Å². The molecule has 0 amide bonds. The van der Waals surface area contributed by atoms with Crippen LogP contribution >= 0.6 is 23.0 Å². The van der Waals surface area contributed by atoms with Crippen molar-refractivity contribution in [2.24, 2.45) is 0 Å². The van der Waals surface area contributed by atoms with Crippen molar-refractivity contribution in [1.82, 2.24) is 0 Å². The van der Waals surface area contributed by atoms with E-state index in [1.165, 1.54) is 0 Å². The monoisotopic (exact) mass is 416 g/mol. The Labute approximate surface area is 128 Å². The van der Waals surface area contributed by atoms with Gasteiger partial charge in [0.05, 0.1) is 5.30 Å². The third-order valence-corrected chi connectivity index (χ3v) is 5.15. The van der Waals surface area contributed by atoms with Crippen LogP contribution in [0.25, 0.3) is 0 Å². The van der Waals surface area contributed by atoms with Gasteiger partial charge < -0.3 is 34.3 Å². The summed E-state index contributed by atoms with van der Waals surface area (Å²) in [5.41, 5.74) is 0. The van der Waals surface area contributed by atoms with Crippen LogP contribution < -0.4 is 10.6 Å². The van der Waals surface area contributed by atoms with Crippen molar-refractivity contribution in [3.05, 3.63) is 18.2 Å². The van der Waals surface area contributed by atoms with E-state index >= 15 is 0 Å². The van der Waals surface area contributed by atoms with Gasteiger partial charge >= 0.3 is 23.0 Å². The summed E-state index contributed by atoms with van der Waals surface area (Å²) in [6.07, 6.45) is 0. The van der Waals surface area contributed by atoms with Crippen molar-refractivity contribution >= 4 is 43.7 Å². The summed E-state index contributed by atoms with van der Waals surface area (Å²) >= 11 is 0. The van der Waals surface area contributed by atoms with Gasteiger partial charge in [-0.25, -0.2) is 4.57 Å². The zero-order valence-electron chi connectivity index (χ0n) is 10.6. The van der Waals surface area contributed by atoms with Crippen LogP contribution in [0.3, 0.4) is 0 Å². The molecule has 0 atom stereocenters. The highest BCUT2D eigenvalue weighted by Gasteiger charge is 2.36. The minimum absolute atomic E-state index is 0.628. The molecule has 0 radical (unpaired) electrons. The largest absolute Gasteiger partial charge is 0.466 e. The molecule has 0 saturated carbocycles. The Morgan fingerprint density at radius 2 is 1.17 bits per heavy atom. The van der Waals surface area contributed by atoms with E-state index in [4.69, 9.17) is 43.4 Å². The zero-order chi connectivity index (χ0) is 18.9. The minimum atomic E-state index is -5.32. The number of benzene rings is 1. The molecule has 23 heavy (non-hydrogen) atoms.